The summed E-state index contributed by atoms with van der Waals surface area (Å²) < 4.78 is 17.2. The molecule has 132 valence electrons. The van der Waals surface area contributed by atoms with Gasteiger partial charge >= 0.3 is 8.80 Å². The number of carbonyl (C=O) groups is 1. The summed E-state index contributed by atoms with van der Waals surface area (Å²) in [6.45, 7) is 6.12. The Labute approximate surface area is 142 Å². The summed E-state index contributed by atoms with van der Waals surface area (Å²) >= 11 is 0. The highest BCUT2D eigenvalue weighted by Crippen LogP contribution is 2.16. The van der Waals surface area contributed by atoms with Crippen molar-refractivity contribution >= 4 is 14.7 Å². The van der Waals surface area contributed by atoms with Gasteiger partial charge in [-0.3, -0.25) is 4.79 Å². The molecule has 0 aromatic rings. The second-order valence-electron chi connectivity index (χ2n) is 5.63. The lowest BCUT2D eigenvalue weighted by atomic mass is 10.3. The Kier molecular flexibility index (Phi) is 13.0. The maximum Gasteiger partial charge on any atom is 0.500 e. The van der Waals surface area contributed by atoms with Crippen LogP contribution in [-0.4, -0.2) is 74.3 Å². The number of carbonyl (C=O) groups excluding carboxylic acids is 1. The molecule has 0 radical (unpaired) electrons. The van der Waals surface area contributed by atoms with Crippen LogP contribution in [0.2, 0.25) is 6.04 Å². The summed E-state index contributed by atoms with van der Waals surface area (Å²) in [6.07, 6.45) is 3.21. The van der Waals surface area contributed by atoms with Crippen LogP contribution in [0.15, 0.2) is 12.7 Å². The Bertz CT molecular complexity index is 318. The summed E-state index contributed by atoms with van der Waals surface area (Å²) in [4.78, 5) is 11.0. The molecule has 22 heavy (non-hydrogen) atoms. The molecular formula is C14H31ClN2O4Si. The van der Waals surface area contributed by atoms with E-state index in [1.165, 1.54) is 6.08 Å². The van der Waals surface area contributed by atoms with Gasteiger partial charge in [0.2, 0.25) is 5.91 Å². The van der Waals surface area contributed by atoms with Gasteiger partial charge in [0.05, 0.1) is 27.2 Å². The number of rotatable bonds is 12. The normalized spacial score (nSPS) is 11.7. The maximum atomic E-state index is 11.0. The maximum absolute atomic E-state index is 11.0. The van der Waals surface area contributed by atoms with Crippen molar-refractivity contribution in [1.82, 2.24) is 5.32 Å². The fourth-order valence-corrected chi connectivity index (χ4v) is 3.89. The van der Waals surface area contributed by atoms with Crippen LogP contribution in [0, 0.1) is 0 Å². The number of nitrogens with zero attached hydrogens (tertiary/aromatic N) is 1. The van der Waals surface area contributed by atoms with Crippen molar-refractivity contribution in [3.05, 3.63) is 12.7 Å². The lowest BCUT2D eigenvalue weighted by Crippen LogP contribution is -3.00. The van der Waals surface area contributed by atoms with E-state index in [1.807, 2.05) is 0 Å². The van der Waals surface area contributed by atoms with Crippen molar-refractivity contribution < 1.29 is 35.0 Å². The summed E-state index contributed by atoms with van der Waals surface area (Å²) in [5.41, 5.74) is 0. The van der Waals surface area contributed by atoms with E-state index in [0.717, 1.165) is 36.5 Å². The van der Waals surface area contributed by atoms with Crippen molar-refractivity contribution in [3.63, 3.8) is 0 Å². The molecule has 0 aromatic carbocycles. The molecule has 0 atom stereocenters. The van der Waals surface area contributed by atoms with E-state index in [1.54, 1.807) is 21.3 Å². The molecule has 0 rings (SSSR count). The summed E-state index contributed by atoms with van der Waals surface area (Å²) in [5.74, 6) is -0.114. The van der Waals surface area contributed by atoms with Crippen molar-refractivity contribution in [3.8, 4) is 0 Å². The minimum Gasteiger partial charge on any atom is -1.00 e. The average molecular weight is 355 g/mol. The summed E-state index contributed by atoms with van der Waals surface area (Å²) in [7, 11) is 6.84. The molecule has 0 aliphatic heterocycles. The molecule has 8 heteroatoms. The summed E-state index contributed by atoms with van der Waals surface area (Å²) in [5, 5.41) is 2.79. The van der Waals surface area contributed by atoms with Crippen LogP contribution in [0.5, 0.6) is 0 Å². The van der Waals surface area contributed by atoms with E-state index >= 15 is 0 Å². The van der Waals surface area contributed by atoms with Crippen molar-refractivity contribution in [2.75, 3.05) is 55.1 Å². The van der Waals surface area contributed by atoms with E-state index < -0.39 is 8.80 Å². The Hall–Kier alpha value is -0.443. The fourth-order valence-electron chi connectivity index (χ4n) is 2.18. The Morgan fingerprint density at radius 2 is 1.64 bits per heavy atom. The molecule has 0 fully saturated rings. The first-order valence-electron chi connectivity index (χ1n) is 7.22. The van der Waals surface area contributed by atoms with Crippen molar-refractivity contribution in [2.24, 2.45) is 0 Å². The van der Waals surface area contributed by atoms with Gasteiger partial charge in [-0.15, -0.1) is 0 Å². The van der Waals surface area contributed by atoms with Gasteiger partial charge in [-0.1, -0.05) is 6.58 Å². The van der Waals surface area contributed by atoms with Crippen LogP contribution in [0.3, 0.4) is 0 Å². The van der Waals surface area contributed by atoms with Gasteiger partial charge in [-0.05, 0) is 6.08 Å². The van der Waals surface area contributed by atoms with Gasteiger partial charge in [0.25, 0.3) is 0 Å². The number of nitrogens with one attached hydrogen (secondary N) is 1. The van der Waals surface area contributed by atoms with E-state index in [-0.39, 0.29) is 18.3 Å². The number of halogens is 1. The first-order valence-corrected chi connectivity index (χ1v) is 9.15. The Morgan fingerprint density at radius 3 is 2.09 bits per heavy atom. The third kappa shape index (κ3) is 9.55. The Morgan fingerprint density at radius 1 is 1.14 bits per heavy atom. The van der Waals surface area contributed by atoms with Gasteiger partial charge in [-0.2, -0.15) is 0 Å². The predicted octanol–water partition coefficient (Wildman–Crippen LogP) is -1.97. The third-order valence-electron chi connectivity index (χ3n) is 3.60. The average Bonchev–Trinajstić information content (AvgIpc) is 2.48. The molecule has 0 aliphatic rings. The van der Waals surface area contributed by atoms with E-state index in [4.69, 9.17) is 13.3 Å². The minimum absolute atomic E-state index is 0. The molecule has 0 heterocycles. The van der Waals surface area contributed by atoms with Gasteiger partial charge in [0, 0.05) is 46.8 Å². The third-order valence-corrected chi connectivity index (χ3v) is 6.44. The summed E-state index contributed by atoms with van der Waals surface area (Å²) in [6, 6.07) is 0.811. The number of hydrogen-bond donors (Lipinski definition) is 1. The molecule has 0 spiro atoms. The second kappa shape index (κ2) is 12.0. The van der Waals surface area contributed by atoms with Crippen molar-refractivity contribution in [2.45, 2.75) is 18.9 Å². The smallest absolute Gasteiger partial charge is 0.500 e. The molecule has 0 aliphatic carbocycles. The fraction of sp³-hybridized carbons (Fsp3) is 0.786. The van der Waals surface area contributed by atoms with E-state index in [0.29, 0.717) is 6.54 Å². The number of amides is 1. The molecule has 6 nitrogen and oxygen atoms in total. The van der Waals surface area contributed by atoms with Gasteiger partial charge in [-0.25, -0.2) is 0 Å². The first-order chi connectivity index (χ1) is 9.84. The monoisotopic (exact) mass is 354 g/mol. The van der Waals surface area contributed by atoms with Crippen LogP contribution in [-0.2, 0) is 18.1 Å². The molecule has 0 saturated carbocycles. The molecule has 0 aromatic heterocycles. The lowest BCUT2D eigenvalue weighted by Gasteiger charge is -2.31. The molecule has 0 bridgehead atoms. The van der Waals surface area contributed by atoms with Crippen LogP contribution in [0.1, 0.15) is 12.8 Å². The number of hydrogen-bond acceptors (Lipinski definition) is 4. The topological polar surface area (TPSA) is 56.8 Å². The second-order valence-corrected chi connectivity index (χ2v) is 8.72. The highest BCUT2D eigenvalue weighted by atomic mass is 35.5. The van der Waals surface area contributed by atoms with E-state index in [2.05, 4.69) is 26.0 Å². The molecule has 0 saturated heterocycles. The first kappa shape index (κ1) is 23.8. The minimum atomic E-state index is -2.45. The van der Waals surface area contributed by atoms with Crippen LogP contribution in [0.25, 0.3) is 0 Å². The van der Waals surface area contributed by atoms with Crippen LogP contribution >= 0.6 is 0 Å². The highest BCUT2D eigenvalue weighted by molar-refractivity contribution is 6.60. The lowest BCUT2D eigenvalue weighted by molar-refractivity contribution is -0.890. The van der Waals surface area contributed by atoms with E-state index in [9.17, 15) is 4.79 Å². The van der Waals surface area contributed by atoms with Crippen molar-refractivity contribution in [1.29, 1.82) is 0 Å². The number of quaternary nitrogens is 1. The highest BCUT2D eigenvalue weighted by Gasteiger charge is 2.37. The SMILES string of the molecule is C=CC(=O)NCCC[N+](C)(C)CCC[Si](OC)(OC)OC.[Cl-]. The van der Waals surface area contributed by atoms with Gasteiger partial charge in [0.1, 0.15) is 0 Å². The molecule has 1 amide bonds. The standard InChI is InChI=1S/C14H30N2O4Si.ClH/c1-7-14(17)15-10-8-11-16(2,3)12-9-13-21(18-4,19-5)20-6;/h7H,1,8-13H2,2-6H3;1H. The zero-order valence-corrected chi connectivity index (χ0v) is 16.2. The van der Waals surface area contributed by atoms with Crippen LogP contribution < -0.4 is 17.7 Å². The van der Waals surface area contributed by atoms with Gasteiger partial charge < -0.3 is 35.5 Å². The Balaban J connectivity index is 0. The van der Waals surface area contributed by atoms with Gasteiger partial charge in [0.15, 0.2) is 0 Å². The largest absolute Gasteiger partial charge is 1.00 e. The zero-order chi connectivity index (χ0) is 16.4. The molecule has 0 unspecified atom stereocenters. The van der Waals surface area contributed by atoms with Crippen LogP contribution in [0.4, 0.5) is 0 Å². The molecular weight excluding hydrogens is 324 g/mol. The quantitative estimate of drug-likeness (QED) is 0.191. The molecule has 1 N–H and O–H groups in total. The predicted molar refractivity (Wildman–Crippen MR) is 85.9 cm³/mol. The zero-order valence-electron chi connectivity index (χ0n) is 14.5.